The van der Waals surface area contributed by atoms with Gasteiger partial charge in [-0.1, -0.05) is 23.7 Å². The van der Waals surface area contributed by atoms with Gasteiger partial charge >= 0.3 is 0 Å². The molecule has 100 valence electrons. The molecule has 2 N–H and O–H groups in total. The van der Waals surface area contributed by atoms with Gasteiger partial charge in [-0.05, 0) is 29.8 Å². The molecule has 0 aliphatic rings. The van der Waals surface area contributed by atoms with Gasteiger partial charge in [-0.25, -0.2) is 0 Å². The number of benzene rings is 1. The van der Waals surface area contributed by atoms with Gasteiger partial charge in [0.25, 0.3) is 5.56 Å². The highest BCUT2D eigenvalue weighted by Gasteiger charge is 2.04. The number of hydrogen-bond acceptors (Lipinski definition) is 3. The lowest BCUT2D eigenvalue weighted by Crippen LogP contribution is -2.24. The fourth-order valence-electron chi connectivity index (χ4n) is 1.68. The predicted octanol–water partition coefficient (Wildman–Crippen LogP) is 2.04. The largest absolute Gasteiger partial charge is 0.483 e. The van der Waals surface area contributed by atoms with Crippen LogP contribution in [0.1, 0.15) is 5.56 Å². The second-order valence-corrected chi connectivity index (χ2v) is 4.51. The maximum absolute atomic E-state index is 12.0. The van der Waals surface area contributed by atoms with E-state index in [2.05, 4.69) is 0 Å². The Morgan fingerprint density at radius 3 is 2.63 bits per heavy atom. The molecule has 1 aromatic carbocycles. The Morgan fingerprint density at radius 2 is 1.95 bits per heavy atom. The Bertz CT molecular complexity index is 593. The van der Waals surface area contributed by atoms with Gasteiger partial charge in [0.1, 0.15) is 6.61 Å². The van der Waals surface area contributed by atoms with Gasteiger partial charge in [0, 0.05) is 24.3 Å². The van der Waals surface area contributed by atoms with Crippen LogP contribution in [-0.4, -0.2) is 11.1 Å². The van der Waals surface area contributed by atoms with Gasteiger partial charge in [0.2, 0.25) is 0 Å². The average molecular weight is 279 g/mol. The van der Waals surface area contributed by atoms with E-state index in [4.69, 9.17) is 22.1 Å². The highest BCUT2D eigenvalue weighted by Crippen LogP contribution is 2.11. The quantitative estimate of drug-likeness (QED) is 0.910. The standard InChI is InChI=1S/C14H15ClN2O2/c15-12-5-3-11(4-6-12)10-19-13-2-1-8-17(9-7-16)14(13)18/h1-6,8H,7,9-10,16H2. The number of nitrogens with two attached hydrogens (primary N) is 1. The van der Waals surface area contributed by atoms with Gasteiger partial charge in [0.15, 0.2) is 5.75 Å². The van der Waals surface area contributed by atoms with Crippen molar-refractivity contribution in [3.8, 4) is 5.75 Å². The topological polar surface area (TPSA) is 57.2 Å². The third-order valence-corrected chi connectivity index (χ3v) is 2.91. The van der Waals surface area contributed by atoms with Crippen LogP contribution < -0.4 is 16.0 Å². The maximum Gasteiger partial charge on any atom is 0.292 e. The molecule has 1 aromatic heterocycles. The lowest BCUT2D eigenvalue weighted by atomic mass is 10.2. The molecule has 0 unspecified atom stereocenters. The number of pyridine rings is 1. The molecule has 0 atom stereocenters. The first-order valence-electron chi connectivity index (χ1n) is 5.97. The minimum absolute atomic E-state index is 0.165. The van der Waals surface area contributed by atoms with Gasteiger partial charge in [0.05, 0.1) is 0 Å². The number of rotatable bonds is 5. The molecule has 0 aliphatic heterocycles. The van der Waals surface area contributed by atoms with Crippen molar-refractivity contribution in [3.63, 3.8) is 0 Å². The van der Waals surface area contributed by atoms with Gasteiger partial charge in [-0.3, -0.25) is 4.79 Å². The van der Waals surface area contributed by atoms with Crippen molar-refractivity contribution in [2.24, 2.45) is 5.73 Å². The molecule has 2 rings (SSSR count). The lowest BCUT2D eigenvalue weighted by molar-refractivity contribution is 0.299. The molecule has 2 aromatic rings. The van der Waals surface area contributed by atoms with E-state index in [-0.39, 0.29) is 5.56 Å². The third kappa shape index (κ3) is 3.59. The zero-order chi connectivity index (χ0) is 13.7. The van der Waals surface area contributed by atoms with Crippen molar-refractivity contribution >= 4 is 11.6 Å². The average Bonchev–Trinajstić information content (AvgIpc) is 2.42. The minimum Gasteiger partial charge on any atom is -0.483 e. The van der Waals surface area contributed by atoms with Crippen molar-refractivity contribution < 1.29 is 4.74 Å². The molecule has 5 heteroatoms. The van der Waals surface area contributed by atoms with Crippen LogP contribution in [0.25, 0.3) is 0 Å². The van der Waals surface area contributed by atoms with Crippen molar-refractivity contribution in [1.82, 2.24) is 4.57 Å². The van der Waals surface area contributed by atoms with Crippen molar-refractivity contribution in [2.75, 3.05) is 6.54 Å². The van der Waals surface area contributed by atoms with E-state index in [1.165, 1.54) is 4.57 Å². The second-order valence-electron chi connectivity index (χ2n) is 4.07. The van der Waals surface area contributed by atoms with E-state index in [9.17, 15) is 4.79 Å². The Morgan fingerprint density at radius 1 is 1.21 bits per heavy atom. The molecule has 0 spiro atoms. The third-order valence-electron chi connectivity index (χ3n) is 2.66. The fourth-order valence-corrected chi connectivity index (χ4v) is 1.81. The molecule has 0 bridgehead atoms. The molecular formula is C14H15ClN2O2. The number of aromatic nitrogens is 1. The van der Waals surface area contributed by atoms with Crippen LogP contribution in [-0.2, 0) is 13.2 Å². The number of halogens is 1. The van der Waals surface area contributed by atoms with E-state index in [0.29, 0.717) is 30.5 Å². The molecule has 19 heavy (non-hydrogen) atoms. The van der Waals surface area contributed by atoms with Crippen LogP contribution >= 0.6 is 11.6 Å². The minimum atomic E-state index is -0.165. The number of nitrogens with zero attached hydrogens (tertiary/aromatic N) is 1. The Kier molecular flexibility index (Phi) is 4.60. The first-order chi connectivity index (χ1) is 9.20. The van der Waals surface area contributed by atoms with Crippen LogP contribution in [0.3, 0.4) is 0 Å². The Hall–Kier alpha value is -1.78. The monoisotopic (exact) mass is 278 g/mol. The van der Waals surface area contributed by atoms with Crippen LogP contribution in [0.4, 0.5) is 0 Å². The maximum atomic E-state index is 12.0. The molecular weight excluding hydrogens is 264 g/mol. The summed E-state index contributed by atoms with van der Waals surface area (Å²) < 4.78 is 7.07. The van der Waals surface area contributed by atoms with Gasteiger partial charge in [-0.2, -0.15) is 0 Å². The summed E-state index contributed by atoms with van der Waals surface area (Å²) in [6.07, 6.45) is 1.70. The molecule has 0 saturated heterocycles. The summed E-state index contributed by atoms with van der Waals surface area (Å²) in [7, 11) is 0. The molecule has 0 radical (unpaired) electrons. The van der Waals surface area contributed by atoms with E-state index in [1.807, 2.05) is 12.1 Å². The highest BCUT2D eigenvalue weighted by atomic mass is 35.5. The molecule has 1 heterocycles. The zero-order valence-electron chi connectivity index (χ0n) is 10.4. The second kappa shape index (κ2) is 6.41. The molecule has 0 amide bonds. The van der Waals surface area contributed by atoms with Crippen LogP contribution in [0.15, 0.2) is 47.4 Å². The normalized spacial score (nSPS) is 10.4. The van der Waals surface area contributed by atoms with E-state index in [1.54, 1.807) is 30.5 Å². The van der Waals surface area contributed by atoms with E-state index >= 15 is 0 Å². The smallest absolute Gasteiger partial charge is 0.292 e. The Balaban J connectivity index is 2.09. The number of ether oxygens (including phenoxy) is 1. The zero-order valence-corrected chi connectivity index (χ0v) is 11.1. The summed E-state index contributed by atoms with van der Waals surface area (Å²) in [5, 5.41) is 0.675. The number of hydrogen-bond donors (Lipinski definition) is 1. The first kappa shape index (κ1) is 13.6. The van der Waals surface area contributed by atoms with Crippen LogP contribution in [0.2, 0.25) is 5.02 Å². The molecule has 0 saturated carbocycles. The van der Waals surface area contributed by atoms with Gasteiger partial charge < -0.3 is 15.0 Å². The van der Waals surface area contributed by atoms with E-state index in [0.717, 1.165) is 5.56 Å². The van der Waals surface area contributed by atoms with E-state index < -0.39 is 0 Å². The van der Waals surface area contributed by atoms with Crippen LogP contribution in [0.5, 0.6) is 5.75 Å². The van der Waals surface area contributed by atoms with Crippen molar-refractivity contribution in [2.45, 2.75) is 13.2 Å². The Labute approximate surface area is 116 Å². The van der Waals surface area contributed by atoms with Gasteiger partial charge in [-0.15, -0.1) is 0 Å². The fraction of sp³-hybridized carbons (Fsp3) is 0.214. The SMILES string of the molecule is NCCn1cccc(OCc2ccc(Cl)cc2)c1=O. The van der Waals surface area contributed by atoms with Crippen molar-refractivity contribution in [1.29, 1.82) is 0 Å². The molecule has 0 aliphatic carbocycles. The lowest BCUT2D eigenvalue weighted by Gasteiger charge is -2.08. The predicted molar refractivity (Wildman–Crippen MR) is 75.5 cm³/mol. The molecule has 4 nitrogen and oxygen atoms in total. The first-order valence-corrected chi connectivity index (χ1v) is 6.35. The summed E-state index contributed by atoms with van der Waals surface area (Å²) in [6, 6.07) is 10.7. The summed E-state index contributed by atoms with van der Waals surface area (Å²) in [4.78, 5) is 12.0. The van der Waals surface area contributed by atoms with Crippen molar-refractivity contribution in [3.05, 3.63) is 63.5 Å². The molecule has 0 fully saturated rings. The summed E-state index contributed by atoms with van der Waals surface area (Å²) in [5.41, 5.74) is 6.24. The summed E-state index contributed by atoms with van der Waals surface area (Å²) in [5.74, 6) is 0.325. The summed E-state index contributed by atoms with van der Waals surface area (Å²) >= 11 is 5.80. The highest BCUT2D eigenvalue weighted by molar-refractivity contribution is 6.30. The van der Waals surface area contributed by atoms with Crippen LogP contribution in [0, 0.1) is 0 Å². The summed E-state index contributed by atoms with van der Waals surface area (Å²) in [6.45, 7) is 1.23.